The normalized spacial score (nSPS) is 14.2. The Morgan fingerprint density at radius 2 is 0.457 bits per heavy atom. The van der Waals surface area contributed by atoms with Crippen LogP contribution in [0.2, 0.25) is 0 Å². The second-order valence-corrected chi connectivity index (χ2v) is 31.1. The first-order valence-electron chi connectivity index (χ1n) is 37.7. The van der Waals surface area contributed by atoms with Gasteiger partial charge in [-0.15, -0.1) is 0 Å². The van der Waals surface area contributed by atoms with Crippen LogP contribution in [-0.4, -0.2) is 96.7 Å². The van der Waals surface area contributed by atoms with Gasteiger partial charge in [0.2, 0.25) is 0 Å². The van der Waals surface area contributed by atoms with Gasteiger partial charge < -0.3 is 33.8 Å². The van der Waals surface area contributed by atoms with Gasteiger partial charge in [0, 0.05) is 25.7 Å². The van der Waals surface area contributed by atoms with Crippen molar-refractivity contribution in [2.75, 3.05) is 39.6 Å². The number of ether oxygens (including phenoxy) is 4. The van der Waals surface area contributed by atoms with Crippen LogP contribution in [0.3, 0.4) is 0 Å². The zero-order valence-electron chi connectivity index (χ0n) is 60.2. The van der Waals surface area contributed by atoms with E-state index < -0.39 is 97.5 Å². The third kappa shape index (κ3) is 66.7. The average Bonchev–Trinajstić information content (AvgIpc) is 1.53. The molecule has 5 atom stereocenters. The molecule has 0 aliphatic heterocycles. The number of hydrogen-bond donors (Lipinski definition) is 3. The first-order valence-corrected chi connectivity index (χ1v) is 40.7. The molecule has 0 saturated heterocycles. The Hall–Kier alpha value is -1.94. The molecule has 0 aliphatic carbocycles. The summed E-state index contributed by atoms with van der Waals surface area (Å²) < 4.78 is 68.3. The summed E-state index contributed by atoms with van der Waals surface area (Å²) in [6.45, 7) is 14.1. The number of hydrogen-bond acceptors (Lipinski definition) is 15. The number of phosphoric ester groups is 2. The van der Waals surface area contributed by atoms with Gasteiger partial charge in [-0.25, -0.2) is 9.13 Å². The highest BCUT2D eigenvalue weighted by Crippen LogP contribution is 2.45. The van der Waals surface area contributed by atoms with E-state index in [1.54, 1.807) is 0 Å². The number of rotatable bonds is 70. The summed E-state index contributed by atoms with van der Waals surface area (Å²) in [4.78, 5) is 72.6. The molecule has 0 bridgehead atoms. The van der Waals surface area contributed by atoms with Crippen molar-refractivity contribution >= 4 is 39.5 Å². The van der Waals surface area contributed by atoms with Crippen molar-refractivity contribution in [1.29, 1.82) is 0 Å². The molecule has 0 saturated carbocycles. The largest absolute Gasteiger partial charge is 0.472 e. The van der Waals surface area contributed by atoms with Gasteiger partial charge in [-0.05, 0) is 49.4 Å². The third-order valence-corrected chi connectivity index (χ3v) is 18.7. The maximum Gasteiger partial charge on any atom is 0.472 e. The Balaban J connectivity index is 5.19. The molecule has 0 aromatic rings. The smallest absolute Gasteiger partial charge is 0.462 e. The van der Waals surface area contributed by atoms with Crippen LogP contribution in [0.5, 0.6) is 0 Å². The molecule has 0 heterocycles. The van der Waals surface area contributed by atoms with Crippen molar-refractivity contribution in [2.24, 2.45) is 23.7 Å². The summed E-state index contributed by atoms with van der Waals surface area (Å²) >= 11 is 0. The van der Waals surface area contributed by atoms with Crippen LogP contribution in [0.25, 0.3) is 0 Å². The zero-order valence-corrected chi connectivity index (χ0v) is 62.0. The second-order valence-electron chi connectivity index (χ2n) is 28.2. The summed E-state index contributed by atoms with van der Waals surface area (Å²) in [5.41, 5.74) is 0. The van der Waals surface area contributed by atoms with Crippen molar-refractivity contribution in [3.8, 4) is 0 Å². The van der Waals surface area contributed by atoms with E-state index in [2.05, 4.69) is 55.4 Å². The van der Waals surface area contributed by atoms with E-state index in [0.717, 1.165) is 114 Å². The van der Waals surface area contributed by atoms with E-state index in [9.17, 15) is 43.2 Å². The fraction of sp³-hybridized carbons (Fsp3) is 0.945. The zero-order chi connectivity index (χ0) is 68.2. The summed E-state index contributed by atoms with van der Waals surface area (Å²) in [6, 6.07) is 0. The fourth-order valence-electron chi connectivity index (χ4n) is 11.0. The summed E-state index contributed by atoms with van der Waals surface area (Å²) in [6.07, 6.45) is 46.1. The molecule has 546 valence electrons. The molecule has 0 aromatic heterocycles. The number of aliphatic hydroxyl groups is 1. The highest BCUT2D eigenvalue weighted by molar-refractivity contribution is 7.47. The van der Waals surface area contributed by atoms with E-state index in [1.165, 1.54) is 161 Å². The number of phosphoric acid groups is 2. The Morgan fingerprint density at radius 1 is 0.272 bits per heavy atom. The topological polar surface area (TPSA) is 237 Å². The molecule has 19 heteroatoms. The number of carbonyl (C=O) groups is 4. The molecule has 17 nitrogen and oxygen atoms in total. The summed E-state index contributed by atoms with van der Waals surface area (Å²) in [7, 11) is -9.91. The molecular weight excluding hydrogens is 1210 g/mol. The maximum absolute atomic E-state index is 13.0. The van der Waals surface area contributed by atoms with E-state index >= 15 is 0 Å². The quantitative estimate of drug-likeness (QED) is 0.0222. The fourth-order valence-corrected chi connectivity index (χ4v) is 12.6. The lowest BCUT2D eigenvalue weighted by atomic mass is 10.0. The minimum Gasteiger partial charge on any atom is -0.462 e. The van der Waals surface area contributed by atoms with Crippen molar-refractivity contribution in [3.63, 3.8) is 0 Å². The molecule has 0 radical (unpaired) electrons. The van der Waals surface area contributed by atoms with E-state index in [0.29, 0.717) is 31.6 Å². The van der Waals surface area contributed by atoms with Gasteiger partial charge in [-0.3, -0.25) is 37.3 Å². The third-order valence-electron chi connectivity index (χ3n) is 16.8. The van der Waals surface area contributed by atoms with Gasteiger partial charge in [-0.2, -0.15) is 0 Å². The molecule has 0 fully saturated rings. The number of carbonyl (C=O) groups excluding carboxylic acids is 4. The van der Waals surface area contributed by atoms with Crippen molar-refractivity contribution in [3.05, 3.63) is 0 Å². The van der Waals surface area contributed by atoms with Crippen LogP contribution < -0.4 is 0 Å². The number of esters is 4. The SMILES string of the molecule is CC(C)CCCCCCCCCCCCCCCCCCC(=O)OC[C@H](COP(=O)(O)OC[C@@H](O)COP(=O)(O)OC[C@@H](COC(=O)CCCCCCCCC(C)C)OC(=O)CCCCCCCCCCCC(C)C)OC(=O)CCCCCCCCCCCC(C)C. The predicted octanol–water partition coefficient (Wildman–Crippen LogP) is 20.9. The molecule has 0 rings (SSSR count). The van der Waals surface area contributed by atoms with E-state index in [4.69, 9.17) is 37.0 Å². The van der Waals surface area contributed by atoms with Crippen LogP contribution in [0.1, 0.15) is 364 Å². The molecule has 3 N–H and O–H groups in total. The summed E-state index contributed by atoms with van der Waals surface area (Å²) in [5.74, 6) is 0.836. The highest BCUT2D eigenvalue weighted by atomic mass is 31.2. The molecule has 2 unspecified atom stereocenters. The van der Waals surface area contributed by atoms with E-state index in [-0.39, 0.29) is 25.7 Å². The van der Waals surface area contributed by atoms with Gasteiger partial charge in [0.05, 0.1) is 26.4 Å². The lowest BCUT2D eigenvalue weighted by molar-refractivity contribution is -0.161. The van der Waals surface area contributed by atoms with Gasteiger partial charge in [0.1, 0.15) is 19.3 Å². The monoisotopic (exact) mass is 1350 g/mol. The Labute approximate surface area is 562 Å². The Morgan fingerprint density at radius 3 is 0.674 bits per heavy atom. The van der Waals surface area contributed by atoms with Gasteiger partial charge in [0.25, 0.3) is 0 Å². The lowest BCUT2D eigenvalue weighted by Crippen LogP contribution is -2.30. The standard InChI is InChI=1S/C73H142O17P2/c1-63(2)49-41-33-25-19-15-13-11-9-10-12-14-16-22-28-37-45-53-70(75)83-59-68(89-72(77)55-47-39-29-23-17-20-26-34-42-50-64(3)4)61-87-91(79,80)85-57-67(74)58-86-92(81,82)88-62-69(60-84-71(76)54-46-38-32-31-36-44-52-66(7)8)90-73(78)56-48-40-30-24-18-21-27-35-43-51-65(5)6/h63-69,74H,9-62H2,1-8H3,(H,79,80)(H,81,82)/t67-,68-,69-/m1/s1. The van der Waals surface area contributed by atoms with Gasteiger partial charge >= 0.3 is 39.5 Å². The van der Waals surface area contributed by atoms with Crippen LogP contribution in [0.15, 0.2) is 0 Å². The minimum absolute atomic E-state index is 0.104. The van der Waals surface area contributed by atoms with Crippen molar-refractivity contribution in [1.82, 2.24) is 0 Å². The van der Waals surface area contributed by atoms with Gasteiger partial charge in [0.15, 0.2) is 12.2 Å². The van der Waals surface area contributed by atoms with Crippen LogP contribution in [0.4, 0.5) is 0 Å². The molecule has 0 spiro atoms. The minimum atomic E-state index is -4.95. The number of aliphatic hydroxyl groups excluding tert-OH is 1. The van der Waals surface area contributed by atoms with Crippen LogP contribution in [0, 0.1) is 23.7 Å². The molecule has 0 aliphatic rings. The van der Waals surface area contributed by atoms with Crippen LogP contribution in [-0.2, 0) is 65.4 Å². The van der Waals surface area contributed by atoms with E-state index in [1.807, 2.05) is 0 Å². The molecular formula is C73H142O17P2. The molecule has 0 amide bonds. The number of unbranched alkanes of at least 4 members (excludes halogenated alkanes) is 36. The van der Waals surface area contributed by atoms with Gasteiger partial charge in [-0.1, -0.05) is 312 Å². The van der Waals surface area contributed by atoms with Crippen molar-refractivity contribution < 1.29 is 80.2 Å². The molecule has 0 aromatic carbocycles. The van der Waals surface area contributed by atoms with Crippen molar-refractivity contribution in [2.45, 2.75) is 382 Å². The highest BCUT2D eigenvalue weighted by Gasteiger charge is 2.30. The maximum atomic E-state index is 13.0. The lowest BCUT2D eigenvalue weighted by Gasteiger charge is -2.21. The summed E-state index contributed by atoms with van der Waals surface area (Å²) in [5, 5.41) is 10.6. The first-order chi connectivity index (χ1) is 44.1. The predicted molar refractivity (Wildman–Crippen MR) is 372 cm³/mol. The Kier molecular flexibility index (Phi) is 61.3. The second kappa shape index (κ2) is 62.6. The molecule has 92 heavy (non-hydrogen) atoms. The average molecular weight is 1350 g/mol. The Bertz CT molecular complexity index is 1820. The first kappa shape index (κ1) is 90.1. The van der Waals surface area contributed by atoms with Crippen LogP contribution >= 0.6 is 15.6 Å².